The van der Waals surface area contributed by atoms with Gasteiger partial charge in [-0.2, -0.15) is 0 Å². The Kier molecular flexibility index (Phi) is 5.63. The maximum absolute atomic E-state index is 12.8. The van der Waals surface area contributed by atoms with E-state index in [0.29, 0.717) is 9.90 Å². The Bertz CT molecular complexity index is 1130. The molecule has 0 aliphatic rings. The number of halogens is 1. The normalized spacial score (nSPS) is 11.5. The van der Waals surface area contributed by atoms with Crippen molar-refractivity contribution < 1.29 is 13.2 Å². The number of benzene rings is 2. The number of nitrogens with two attached hydrogens (primary N) is 1. The number of nitrogens with zero attached hydrogens (tertiary/aromatic N) is 1. The van der Waals surface area contributed by atoms with Gasteiger partial charge in [0.15, 0.2) is 0 Å². The van der Waals surface area contributed by atoms with E-state index in [1.54, 1.807) is 26.2 Å². The Morgan fingerprint density at radius 3 is 2.04 bits per heavy atom. The van der Waals surface area contributed by atoms with Gasteiger partial charge in [0.2, 0.25) is 10.0 Å². The molecule has 0 radical (unpaired) electrons. The van der Waals surface area contributed by atoms with Gasteiger partial charge in [-0.25, -0.2) is 13.6 Å². The molecule has 1 amide bonds. The molecule has 0 saturated carbocycles. The summed E-state index contributed by atoms with van der Waals surface area (Å²) in [6, 6.07) is 13.7. The van der Waals surface area contributed by atoms with Crippen LogP contribution in [0.4, 0.5) is 0 Å². The molecular formula is C20H19ClN2O3S2. The number of hydrogen-bond donors (Lipinski definition) is 1. The summed E-state index contributed by atoms with van der Waals surface area (Å²) in [7, 11) is -0.375. The summed E-state index contributed by atoms with van der Waals surface area (Å²) in [5.74, 6) is -0.112. The fourth-order valence-electron chi connectivity index (χ4n) is 2.90. The van der Waals surface area contributed by atoms with Gasteiger partial charge in [-0.05, 0) is 47.9 Å². The van der Waals surface area contributed by atoms with E-state index in [1.165, 1.54) is 28.4 Å². The highest BCUT2D eigenvalue weighted by atomic mass is 35.5. The van der Waals surface area contributed by atoms with Crippen LogP contribution in [0.5, 0.6) is 0 Å². The first kappa shape index (κ1) is 20.5. The highest BCUT2D eigenvalue weighted by Gasteiger charge is 2.24. The largest absolute Gasteiger partial charge is 0.344 e. The fraction of sp³-hybridized carbons (Fsp3) is 0.150. The average molecular weight is 435 g/mol. The van der Waals surface area contributed by atoms with Crippen molar-refractivity contribution in [1.29, 1.82) is 0 Å². The lowest BCUT2D eigenvalue weighted by atomic mass is 9.98. The lowest BCUT2D eigenvalue weighted by Crippen LogP contribution is -2.21. The number of primary sulfonamides is 1. The third kappa shape index (κ3) is 3.98. The Morgan fingerprint density at radius 2 is 1.54 bits per heavy atom. The molecule has 0 atom stereocenters. The van der Waals surface area contributed by atoms with E-state index < -0.39 is 10.0 Å². The first-order chi connectivity index (χ1) is 13.1. The number of rotatable bonds is 4. The Hall–Kier alpha value is -2.19. The van der Waals surface area contributed by atoms with E-state index in [1.807, 2.05) is 31.2 Å². The summed E-state index contributed by atoms with van der Waals surface area (Å²) in [6.45, 7) is 1.95. The molecule has 3 aromatic rings. The lowest BCUT2D eigenvalue weighted by Gasteiger charge is -2.11. The summed E-state index contributed by atoms with van der Waals surface area (Å²) in [5, 5.41) is 5.83. The molecule has 8 heteroatoms. The molecule has 2 N–H and O–H groups in total. The van der Waals surface area contributed by atoms with Crippen molar-refractivity contribution in [2.24, 2.45) is 5.14 Å². The number of amides is 1. The van der Waals surface area contributed by atoms with Gasteiger partial charge in [0, 0.05) is 29.6 Å². The molecule has 0 fully saturated rings. The van der Waals surface area contributed by atoms with Gasteiger partial charge in [0.25, 0.3) is 5.91 Å². The molecule has 1 heterocycles. The van der Waals surface area contributed by atoms with Gasteiger partial charge in [0.1, 0.15) is 4.88 Å². The van der Waals surface area contributed by atoms with Crippen LogP contribution in [0.3, 0.4) is 0 Å². The third-order valence-corrected chi connectivity index (χ3v) is 6.84. The summed E-state index contributed by atoms with van der Waals surface area (Å²) in [6.07, 6.45) is 0. The van der Waals surface area contributed by atoms with Crippen LogP contribution >= 0.6 is 22.9 Å². The smallest absolute Gasteiger partial charge is 0.264 e. The number of carbonyl (C=O) groups excluding carboxylic acids is 1. The number of sulfonamides is 1. The van der Waals surface area contributed by atoms with Crippen LogP contribution in [0.1, 0.15) is 15.2 Å². The third-order valence-electron chi connectivity index (χ3n) is 4.33. The van der Waals surface area contributed by atoms with Crippen LogP contribution in [-0.2, 0) is 10.0 Å². The minimum absolute atomic E-state index is 0.0301. The van der Waals surface area contributed by atoms with E-state index in [-0.39, 0.29) is 10.8 Å². The minimum Gasteiger partial charge on any atom is -0.344 e. The second-order valence-electron chi connectivity index (χ2n) is 6.54. The maximum Gasteiger partial charge on any atom is 0.264 e. The van der Waals surface area contributed by atoms with E-state index in [4.69, 9.17) is 16.7 Å². The van der Waals surface area contributed by atoms with Gasteiger partial charge in [-0.3, -0.25) is 4.79 Å². The van der Waals surface area contributed by atoms with Gasteiger partial charge in [-0.15, -0.1) is 11.3 Å². The number of hydrogen-bond acceptors (Lipinski definition) is 4. The molecular weight excluding hydrogens is 416 g/mol. The molecule has 1 aromatic heterocycles. The van der Waals surface area contributed by atoms with Crippen molar-refractivity contribution in [2.45, 2.75) is 11.8 Å². The quantitative estimate of drug-likeness (QED) is 0.661. The number of thiophene rings is 1. The lowest BCUT2D eigenvalue weighted by molar-refractivity contribution is 0.0833. The van der Waals surface area contributed by atoms with Crippen molar-refractivity contribution in [3.63, 3.8) is 0 Å². The van der Waals surface area contributed by atoms with Gasteiger partial charge in [-0.1, -0.05) is 35.9 Å². The molecule has 0 bridgehead atoms. The zero-order valence-corrected chi connectivity index (χ0v) is 18.0. The zero-order valence-electron chi connectivity index (χ0n) is 15.6. The topological polar surface area (TPSA) is 80.5 Å². The first-order valence-electron chi connectivity index (χ1n) is 8.34. The highest BCUT2D eigenvalue weighted by Crippen LogP contribution is 2.42. The van der Waals surface area contributed by atoms with Gasteiger partial charge in [0.05, 0.1) is 4.90 Å². The van der Waals surface area contributed by atoms with Crippen LogP contribution < -0.4 is 5.14 Å². The molecule has 5 nitrogen and oxygen atoms in total. The fourth-order valence-corrected chi connectivity index (χ4v) is 4.90. The Morgan fingerprint density at radius 1 is 1.00 bits per heavy atom. The molecule has 0 aliphatic carbocycles. The van der Waals surface area contributed by atoms with E-state index in [9.17, 15) is 13.2 Å². The predicted octanol–water partition coefficient (Wildman–Crippen LogP) is 4.39. The van der Waals surface area contributed by atoms with Crippen LogP contribution in [0, 0.1) is 6.92 Å². The minimum atomic E-state index is -3.78. The first-order valence-corrected chi connectivity index (χ1v) is 11.1. The SMILES string of the molecule is Cc1c(-c2ccc(Cl)cc2)sc(C(=O)N(C)C)c1-c1ccc(S(N)(=O)=O)cc1. The van der Waals surface area contributed by atoms with Crippen molar-refractivity contribution in [1.82, 2.24) is 4.90 Å². The Balaban J connectivity index is 2.21. The zero-order chi connectivity index (χ0) is 20.6. The summed E-state index contributed by atoms with van der Waals surface area (Å²) >= 11 is 7.41. The molecule has 0 aliphatic heterocycles. The number of carbonyl (C=O) groups is 1. The molecule has 2 aromatic carbocycles. The van der Waals surface area contributed by atoms with Crippen LogP contribution in [0.15, 0.2) is 53.4 Å². The van der Waals surface area contributed by atoms with Crippen molar-refractivity contribution in [3.8, 4) is 21.6 Å². The van der Waals surface area contributed by atoms with E-state index >= 15 is 0 Å². The van der Waals surface area contributed by atoms with Crippen LogP contribution in [0.25, 0.3) is 21.6 Å². The molecule has 0 spiro atoms. The highest BCUT2D eigenvalue weighted by molar-refractivity contribution is 7.89. The summed E-state index contributed by atoms with van der Waals surface area (Å²) in [4.78, 5) is 15.9. The van der Waals surface area contributed by atoms with Gasteiger partial charge >= 0.3 is 0 Å². The van der Waals surface area contributed by atoms with Crippen molar-refractivity contribution >= 4 is 38.9 Å². The Labute approximate surface area is 173 Å². The maximum atomic E-state index is 12.8. The second-order valence-corrected chi connectivity index (χ2v) is 9.55. The average Bonchev–Trinajstić information content (AvgIpc) is 2.98. The van der Waals surface area contributed by atoms with E-state index in [0.717, 1.165) is 27.1 Å². The predicted molar refractivity (Wildman–Crippen MR) is 114 cm³/mol. The second kappa shape index (κ2) is 7.67. The molecule has 28 heavy (non-hydrogen) atoms. The van der Waals surface area contributed by atoms with Crippen molar-refractivity contribution in [2.75, 3.05) is 14.1 Å². The summed E-state index contributed by atoms with van der Waals surface area (Å²) in [5.41, 5.74) is 3.45. The molecule has 0 saturated heterocycles. The molecule has 3 rings (SSSR count). The van der Waals surface area contributed by atoms with E-state index in [2.05, 4.69) is 0 Å². The monoisotopic (exact) mass is 434 g/mol. The summed E-state index contributed by atoms with van der Waals surface area (Å²) < 4.78 is 23.1. The van der Waals surface area contributed by atoms with Gasteiger partial charge < -0.3 is 4.90 Å². The van der Waals surface area contributed by atoms with Crippen LogP contribution in [-0.4, -0.2) is 33.3 Å². The molecule has 146 valence electrons. The standard InChI is InChI=1S/C20H19ClN2O3S2/c1-12-17(13-6-10-16(11-7-13)28(22,25)26)19(20(24)23(2)3)27-18(12)14-4-8-15(21)9-5-14/h4-11H,1-3H3,(H2,22,25,26). The van der Waals surface area contributed by atoms with Crippen LogP contribution in [0.2, 0.25) is 5.02 Å². The molecule has 0 unspecified atom stereocenters. The van der Waals surface area contributed by atoms with Crippen molar-refractivity contribution in [3.05, 3.63) is 64.0 Å².